The SMILES string of the molecule is O=[N+]([O-])c1ccc(F)cc1[C@H]1CCN1. The molecule has 0 aliphatic carbocycles. The molecule has 5 heteroatoms. The average Bonchev–Trinajstić information content (AvgIpc) is 2.00. The predicted molar refractivity (Wildman–Crippen MR) is 48.4 cm³/mol. The molecule has 0 saturated carbocycles. The van der Waals surface area contributed by atoms with Crippen molar-refractivity contribution in [3.05, 3.63) is 39.7 Å². The zero-order chi connectivity index (χ0) is 10.1. The zero-order valence-electron chi connectivity index (χ0n) is 7.37. The Morgan fingerprint density at radius 3 is 2.79 bits per heavy atom. The van der Waals surface area contributed by atoms with Crippen molar-refractivity contribution >= 4 is 5.69 Å². The summed E-state index contributed by atoms with van der Waals surface area (Å²) < 4.78 is 12.9. The molecule has 1 heterocycles. The summed E-state index contributed by atoms with van der Waals surface area (Å²) in [4.78, 5) is 10.2. The third-order valence-electron chi connectivity index (χ3n) is 2.39. The van der Waals surface area contributed by atoms with E-state index in [2.05, 4.69) is 5.32 Å². The number of hydrogen-bond acceptors (Lipinski definition) is 3. The van der Waals surface area contributed by atoms with Crippen LogP contribution in [-0.4, -0.2) is 11.5 Å². The molecule has 0 unspecified atom stereocenters. The molecular weight excluding hydrogens is 187 g/mol. The van der Waals surface area contributed by atoms with Gasteiger partial charge < -0.3 is 5.32 Å². The van der Waals surface area contributed by atoms with Crippen LogP contribution in [0.5, 0.6) is 0 Å². The van der Waals surface area contributed by atoms with Crippen molar-refractivity contribution in [3.8, 4) is 0 Å². The predicted octanol–water partition coefficient (Wildman–Crippen LogP) is 1.77. The molecule has 14 heavy (non-hydrogen) atoms. The van der Waals surface area contributed by atoms with Crippen LogP contribution in [0.25, 0.3) is 0 Å². The summed E-state index contributed by atoms with van der Waals surface area (Å²) in [6, 6.07) is 3.49. The maximum absolute atomic E-state index is 12.9. The van der Waals surface area contributed by atoms with E-state index in [0.29, 0.717) is 5.56 Å². The Labute approximate surface area is 79.9 Å². The first-order valence-electron chi connectivity index (χ1n) is 4.35. The zero-order valence-corrected chi connectivity index (χ0v) is 7.37. The second-order valence-corrected chi connectivity index (χ2v) is 3.26. The van der Waals surface area contributed by atoms with Gasteiger partial charge in [0.25, 0.3) is 5.69 Å². The molecule has 1 aliphatic rings. The third kappa shape index (κ3) is 1.46. The summed E-state index contributed by atoms with van der Waals surface area (Å²) in [6.07, 6.45) is 0.824. The van der Waals surface area contributed by atoms with E-state index >= 15 is 0 Å². The Kier molecular flexibility index (Phi) is 2.17. The van der Waals surface area contributed by atoms with Crippen LogP contribution >= 0.6 is 0 Å². The standard InChI is InChI=1S/C9H9FN2O2/c10-6-1-2-9(12(13)14)7(5-6)8-3-4-11-8/h1-2,5,8,11H,3-4H2/t8-/m1/s1. The number of benzene rings is 1. The van der Waals surface area contributed by atoms with Crippen molar-refractivity contribution in [2.24, 2.45) is 0 Å². The van der Waals surface area contributed by atoms with Crippen molar-refractivity contribution in [1.29, 1.82) is 0 Å². The van der Waals surface area contributed by atoms with Gasteiger partial charge in [0.1, 0.15) is 5.82 Å². The van der Waals surface area contributed by atoms with Crippen molar-refractivity contribution in [1.82, 2.24) is 5.32 Å². The van der Waals surface area contributed by atoms with Crippen LogP contribution in [-0.2, 0) is 0 Å². The van der Waals surface area contributed by atoms with Gasteiger partial charge >= 0.3 is 0 Å². The Hall–Kier alpha value is -1.49. The molecule has 1 aromatic carbocycles. The molecule has 74 valence electrons. The number of nitro groups is 1. The van der Waals surface area contributed by atoms with E-state index in [4.69, 9.17) is 0 Å². The van der Waals surface area contributed by atoms with Crippen LogP contribution in [0.1, 0.15) is 18.0 Å². The highest BCUT2D eigenvalue weighted by molar-refractivity contribution is 5.43. The first-order chi connectivity index (χ1) is 6.68. The summed E-state index contributed by atoms with van der Waals surface area (Å²) in [5, 5.41) is 13.6. The highest BCUT2D eigenvalue weighted by Crippen LogP contribution is 2.31. The molecule has 0 radical (unpaired) electrons. The maximum atomic E-state index is 12.9. The minimum absolute atomic E-state index is 0.0106. The maximum Gasteiger partial charge on any atom is 0.274 e. The molecule has 0 amide bonds. The number of nitrogens with zero attached hydrogens (tertiary/aromatic N) is 1. The van der Waals surface area contributed by atoms with E-state index in [9.17, 15) is 14.5 Å². The normalized spacial score (nSPS) is 20.2. The fourth-order valence-electron chi connectivity index (χ4n) is 1.52. The van der Waals surface area contributed by atoms with Crippen LogP contribution in [0, 0.1) is 15.9 Å². The lowest BCUT2D eigenvalue weighted by atomic mass is 9.96. The fourth-order valence-corrected chi connectivity index (χ4v) is 1.52. The molecule has 0 spiro atoms. The molecule has 0 aromatic heterocycles. The summed E-state index contributed by atoms with van der Waals surface area (Å²) in [7, 11) is 0. The van der Waals surface area contributed by atoms with Crippen LogP contribution in [0.2, 0.25) is 0 Å². The Balaban J connectivity index is 2.42. The van der Waals surface area contributed by atoms with E-state index in [0.717, 1.165) is 19.0 Å². The molecule has 1 atom stereocenters. The number of nitro benzene ring substituents is 1. The molecule has 1 fully saturated rings. The molecule has 1 saturated heterocycles. The van der Waals surface area contributed by atoms with Gasteiger partial charge in [-0.25, -0.2) is 4.39 Å². The molecule has 4 nitrogen and oxygen atoms in total. The number of halogens is 1. The second-order valence-electron chi connectivity index (χ2n) is 3.26. The van der Waals surface area contributed by atoms with Crippen molar-refractivity contribution < 1.29 is 9.31 Å². The van der Waals surface area contributed by atoms with Gasteiger partial charge in [0.15, 0.2) is 0 Å². The third-order valence-corrected chi connectivity index (χ3v) is 2.39. The molecule has 0 bridgehead atoms. The van der Waals surface area contributed by atoms with Crippen LogP contribution in [0.15, 0.2) is 18.2 Å². The van der Waals surface area contributed by atoms with Gasteiger partial charge in [-0.1, -0.05) is 0 Å². The lowest BCUT2D eigenvalue weighted by Crippen LogP contribution is -2.35. The smallest absolute Gasteiger partial charge is 0.274 e. The van der Waals surface area contributed by atoms with E-state index in [1.807, 2.05) is 0 Å². The van der Waals surface area contributed by atoms with Crippen molar-refractivity contribution in [2.45, 2.75) is 12.5 Å². The van der Waals surface area contributed by atoms with E-state index < -0.39 is 10.7 Å². The second kappa shape index (κ2) is 3.34. The van der Waals surface area contributed by atoms with Gasteiger partial charge in [0.2, 0.25) is 0 Å². The lowest BCUT2D eigenvalue weighted by Gasteiger charge is -2.27. The Morgan fingerprint density at radius 2 is 2.29 bits per heavy atom. The van der Waals surface area contributed by atoms with Gasteiger partial charge in [-0.3, -0.25) is 10.1 Å². The highest BCUT2D eigenvalue weighted by atomic mass is 19.1. The highest BCUT2D eigenvalue weighted by Gasteiger charge is 2.26. The molecule has 1 aromatic rings. The Morgan fingerprint density at radius 1 is 1.57 bits per heavy atom. The number of rotatable bonds is 2. The van der Waals surface area contributed by atoms with Gasteiger partial charge in [-0.15, -0.1) is 0 Å². The molecular formula is C9H9FN2O2. The average molecular weight is 196 g/mol. The molecule has 2 rings (SSSR count). The summed E-state index contributed by atoms with van der Waals surface area (Å²) >= 11 is 0. The number of hydrogen-bond donors (Lipinski definition) is 1. The van der Waals surface area contributed by atoms with Gasteiger partial charge in [-0.05, 0) is 25.1 Å². The van der Waals surface area contributed by atoms with Crippen LogP contribution in [0.4, 0.5) is 10.1 Å². The molecule has 1 N–H and O–H groups in total. The monoisotopic (exact) mass is 196 g/mol. The quantitative estimate of drug-likeness (QED) is 0.579. The molecule has 1 aliphatic heterocycles. The van der Waals surface area contributed by atoms with E-state index in [-0.39, 0.29) is 11.7 Å². The minimum atomic E-state index is -0.477. The van der Waals surface area contributed by atoms with Gasteiger partial charge in [0.05, 0.1) is 4.92 Å². The van der Waals surface area contributed by atoms with E-state index in [1.165, 1.54) is 12.1 Å². The topological polar surface area (TPSA) is 55.2 Å². The first-order valence-corrected chi connectivity index (χ1v) is 4.35. The first kappa shape index (κ1) is 9.08. The van der Waals surface area contributed by atoms with Crippen molar-refractivity contribution in [3.63, 3.8) is 0 Å². The Bertz CT molecular complexity index is 377. The van der Waals surface area contributed by atoms with Crippen molar-refractivity contribution in [2.75, 3.05) is 6.54 Å². The summed E-state index contributed by atoms with van der Waals surface area (Å²) in [6.45, 7) is 0.832. The minimum Gasteiger partial charge on any atom is -0.310 e. The largest absolute Gasteiger partial charge is 0.310 e. The van der Waals surface area contributed by atoms with E-state index in [1.54, 1.807) is 0 Å². The number of nitrogens with one attached hydrogen (secondary N) is 1. The summed E-state index contributed by atoms with van der Waals surface area (Å²) in [5.74, 6) is -0.431. The van der Waals surface area contributed by atoms with Gasteiger partial charge in [-0.2, -0.15) is 0 Å². The lowest BCUT2D eigenvalue weighted by molar-refractivity contribution is -0.386. The fraction of sp³-hybridized carbons (Fsp3) is 0.333. The van der Waals surface area contributed by atoms with Crippen LogP contribution in [0.3, 0.4) is 0 Å². The van der Waals surface area contributed by atoms with Crippen LogP contribution < -0.4 is 5.32 Å². The van der Waals surface area contributed by atoms with Gasteiger partial charge in [0, 0.05) is 17.7 Å². The summed E-state index contributed by atoms with van der Waals surface area (Å²) in [5.41, 5.74) is 0.435.